The van der Waals surface area contributed by atoms with Crippen LogP contribution < -0.4 is 0 Å². The fourth-order valence-corrected chi connectivity index (χ4v) is 1.77. The van der Waals surface area contributed by atoms with Crippen LogP contribution in [0.15, 0.2) is 36.5 Å². The summed E-state index contributed by atoms with van der Waals surface area (Å²) in [7, 11) is 0. The van der Waals surface area contributed by atoms with Crippen molar-refractivity contribution in [2.75, 3.05) is 0 Å². The predicted molar refractivity (Wildman–Crippen MR) is 65.4 cm³/mol. The van der Waals surface area contributed by atoms with Gasteiger partial charge in [-0.2, -0.15) is 5.26 Å². The van der Waals surface area contributed by atoms with Crippen LogP contribution >= 0.6 is 0 Å². The van der Waals surface area contributed by atoms with Gasteiger partial charge in [-0.05, 0) is 19.4 Å². The first-order valence-electron chi connectivity index (χ1n) is 5.47. The zero-order chi connectivity index (χ0) is 12.3. The Morgan fingerprint density at radius 3 is 2.53 bits per heavy atom. The van der Waals surface area contributed by atoms with Crippen LogP contribution in [-0.4, -0.2) is 9.97 Å². The number of benzene rings is 1. The number of hydrogen-bond donors (Lipinski definition) is 0. The van der Waals surface area contributed by atoms with Gasteiger partial charge in [-0.15, -0.1) is 0 Å². The molecule has 0 aliphatic heterocycles. The van der Waals surface area contributed by atoms with Crippen molar-refractivity contribution < 1.29 is 0 Å². The van der Waals surface area contributed by atoms with Gasteiger partial charge in [0.1, 0.15) is 5.92 Å². The highest BCUT2D eigenvalue weighted by Crippen LogP contribution is 2.23. The van der Waals surface area contributed by atoms with E-state index in [1.807, 2.05) is 44.2 Å². The van der Waals surface area contributed by atoms with E-state index in [9.17, 15) is 5.26 Å². The van der Waals surface area contributed by atoms with E-state index in [0.29, 0.717) is 0 Å². The summed E-state index contributed by atoms with van der Waals surface area (Å²) in [6, 6.07) is 12.0. The second-order valence-corrected chi connectivity index (χ2v) is 3.95. The van der Waals surface area contributed by atoms with Gasteiger partial charge < -0.3 is 0 Å². The Kier molecular flexibility index (Phi) is 3.15. The second-order valence-electron chi connectivity index (χ2n) is 3.95. The van der Waals surface area contributed by atoms with Gasteiger partial charge in [0, 0.05) is 6.20 Å². The lowest BCUT2D eigenvalue weighted by Crippen LogP contribution is -2.06. The zero-order valence-electron chi connectivity index (χ0n) is 9.88. The second kappa shape index (κ2) is 4.75. The van der Waals surface area contributed by atoms with E-state index in [4.69, 9.17) is 0 Å². The monoisotopic (exact) mass is 223 g/mol. The molecular formula is C14H13N3. The van der Waals surface area contributed by atoms with Crippen LogP contribution in [0.2, 0.25) is 0 Å². The lowest BCUT2D eigenvalue weighted by Gasteiger charge is -2.11. The molecule has 17 heavy (non-hydrogen) atoms. The highest BCUT2D eigenvalue weighted by atomic mass is 14.8. The van der Waals surface area contributed by atoms with Gasteiger partial charge in [0.2, 0.25) is 0 Å². The summed E-state index contributed by atoms with van der Waals surface area (Å²) in [6.45, 7) is 3.77. The maximum absolute atomic E-state index is 9.33. The third-order valence-corrected chi connectivity index (χ3v) is 2.65. The van der Waals surface area contributed by atoms with E-state index in [1.54, 1.807) is 6.20 Å². The molecule has 1 aromatic heterocycles. The number of nitrogens with zero attached hydrogens (tertiary/aromatic N) is 3. The van der Waals surface area contributed by atoms with Crippen molar-refractivity contribution in [1.82, 2.24) is 9.97 Å². The number of aromatic nitrogens is 2. The minimum absolute atomic E-state index is 0.344. The average Bonchev–Trinajstić information content (AvgIpc) is 2.36. The van der Waals surface area contributed by atoms with Gasteiger partial charge in [-0.25, -0.2) is 0 Å². The van der Waals surface area contributed by atoms with Crippen molar-refractivity contribution in [1.29, 1.82) is 5.26 Å². The fraction of sp³-hybridized carbons (Fsp3) is 0.214. The summed E-state index contributed by atoms with van der Waals surface area (Å²) < 4.78 is 0. The highest BCUT2D eigenvalue weighted by molar-refractivity contribution is 5.36. The topological polar surface area (TPSA) is 49.6 Å². The van der Waals surface area contributed by atoms with E-state index >= 15 is 0 Å². The molecule has 0 aliphatic rings. The van der Waals surface area contributed by atoms with Crippen LogP contribution in [0.5, 0.6) is 0 Å². The standard InChI is InChI=1S/C14H13N3/c1-10-9-16-11(2)14(17-10)13(8-15)12-6-4-3-5-7-12/h3-7,9,13H,1-2H3. The Balaban J connectivity index is 2.51. The molecule has 0 amide bonds. The molecule has 2 aromatic rings. The first-order valence-corrected chi connectivity index (χ1v) is 5.47. The van der Waals surface area contributed by atoms with Crippen LogP contribution in [-0.2, 0) is 0 Å². The first-order chi connectivity index (χ1) is 8.22. The Labute approximate surface area is 101 Å². The molecule has 0 fully saturated rings. The number of rotatable bonds is 2. The summed E-state index contributed by atoms with van der Waals surface area (Å²) in [4.78, 5) is 8.69. The summed E-state index contributed by atoms with van der Waals surface area (Å²) in [5.74, 6) is -0.344. The average molecular weight is 223 g/mol. The molecule has 0 saturated heterocycles. The quantitative estimate of drug-likeness (QED) is 0.786. The molecule has 3 heteroatoms. The predicted octanol–water partition coefficient (Wildman–Crippen LogP) is 2.75. The van der Waals surface area contributed by atoms with E-state index < -0.39 is 0 Å². The summed E-state index contributed by atoms with van der Waals surface area (Å²) >= 11 is 0. The van der Waals surface area contributed by atoms with Crippen molar-refractivity contribution in [3.05, 3.63) is 59.2 Å². The van der Waals surface area contributed by atoms with E-state index in [-0.39, 0.29) is 5.92 Å². The number of hydrogen-bond acceptors (Lipinski definition) is 3. The zero-order valence-corrected chi connectivity index (χ0v) is 9.88. The van der Waals surface area contributed by atoms with Crippen LogP contribution in [0.4, 0.5) is 0 Å². The summed E-state index contributed by atoms with van der Waals surface area (Å²) in [5.41, 5.74) is 3.35. The van der Waals surface area contributed by atoms with Gasteiger partial charge in [-0.1, -0.05) is 30.3 Å². The molecule has 0 N–H and O–H groups in total. The number of aryl methyl sites for hydroxylation is 2. The molecule has 1 unspecified atom stereocenters. The van der Waals surface area contributed by atoms with E-state index in [1.165, 1.54) is 0 Å². The maximum Gasteiger partial charge on any atom is 0.115 e. The summed E-state index contributed by atoms with van der Waals surface area (Å²) in [5, 5.41) is 9.33. The molecule has 1 heterocycles. The largest absolute Gasteiger partial charge is 0.258 e. The minimum atomic E-state index is -0.344. The van der Waals surface area contributed by atoms with E-state index in [0.717, 1.165) is 22.6 Å². The molecule has 84 valence electrons. The molecule has 1 atom stereocenters. The molecule has 0 radical (unpaired) electrons. The lowest BCUT2D eigenvalue weighted by molar-refractivity contribution is 0.892. The van der Waals surface area contributed by atoms with Crippen LogP contribution in [0, 0.1) is 25.2 Å². The van der Waals surface area contributed by atoms with Crippen LogP contribution in [0.3, 0.4) is 0 Å². The molecule has 0 spiro atoms. The SMILES string of the molecule is Cc1cnc(C)c(C(C#N)c2ccccc2)n1. The third kappa shape index (κ3) is 2.31. The lowest BCUT2D eigenvalue weighted by atomic mass is 9.96. The molecule has 2 rings (SSSR count). The minimum Gasteiger partial charge on any atom is -0.258 e. The molecule has 3 nitrogen and oxygen atoms in total. The Morgan fingerprint density at radius 1 is 1.18 bits per heavy atom. The Hall–Kier alpha value is -2.21. The van der Waals surface area contributed by atoms with Crippen molar-refractivity contribution in [3.8, 4) is 6.07 Å². The molecule has 0 bridgehead atoms. The molecule has 0 aliphatic carbocycles. The van der Waals surface area contributed by atoms with Gasteiger partial charge in [0.05, 0.1) is 23.2 Å². The van der Waals surface area contributed by atoms with Crippen molar-refractivity contribution in [3.63, 3.8) is 0 Å². The number of nitriles is 1. The maximum atomic E-state index is 9.33. The van der Waals surface area contributed by atoms with Crippen molar-refractivity contribution in [2.45, 2.75) is 19.8 Å². The van der Waals surface area contributed by atoms with Crippen molar-refractivity contribution >= 4 is 0 Å². The van der Waals surface area contributed by atoms with Crippen molar-refractivity contribution in [2.24, 2.45) is 0 Å². The Morgan fingerprint density at radius 2 is 1.88 bits per heavy atom. The van der Waals surface area contributed by atoms with Gasteiger partial charge in [0.15, 0.2) is 0 Å². The third-order valence-electron chi connectivity index (χ3n) is 2.65. The summed E-state index contributed by atoms with van der Waals surface area (Å²) in [6.07, 6.45) is 1.72. The van der Waals surface area contributed by atoms with Crippen LogP contribution in [0.1, 0.15) is 28.6 Å². The fourth-order valence-electron chi connectivity index (χ4n) is 1.77. The van der Waals surface area contributed by atoms with Gasteiger partial charge in [-0.3, -0.25) is 9.97 Å². The molecular weight excluding hydrogens is 210 g/mol. The smallest absolute Gasteiger partial charge is 0.115 e. The van der Waals surface area contributed by atoms with E-state index in [2.05, 4.69) is 16.0 Å². The van der Waals surface area contributed by atoms with Gasteiger partial charge >= 0.3 is 0 Å². The Bertz CT molecular complexity index is 555. The molecule has 1 aromatic carbocycles. The highest BCUT2D eigenvalue weighted by Gasteiger charge is 2.17. The first kappa shape index (κ1) is 11.3. The molecule has 0 saturated carbocycles. The van der Waals surface area contributed by atoms with Crippen LogP contribution in [0.25, 0.3) is 0 Å². The van der Waals surface area contributed by atoms with Gasteiger partial charge in [0.25, 0.3) is 0 Å². The normalized spacial score (nSPS) is 11.8.